The lowest BCUT2D eigenvalue weighted by Gasteiger charge is -2.14. The lowest BCUT2D eigenvalue weighted by molar-refractivity contribution is 0.306. The summed E-state index contributed by atoms with van der Waals surface area (Å²) in [5.41, 5.74) is 8.23. The summed E-state index contributed by atoms with van der Waals surface area (Å²) in [6, 6.07) is 15.9. The van der Waals surface area contributed by atoms with Gasteiger partial charge in [-0.15, -0.1) is 0 Å². The maximum Gasteiger partial charge on any atom is 0.124 e. The van der Waals surface area contributed by atoms with E-state index in [4.69, 9.17) is 22.1 Å². The van der Waals surface area contributed by atoms with Crippen LogP contribution in [0.2, 0.25) is 5.02 Å². The number of hydrogen-bond acceptors (Lipinski definition) is 2. The fourth-order valence-corrected chi connectivity index (χ4v) is 2.29. The SMILES string of the molecule is C[C@H](N)c1cc(Cl)ccc1OCCCc1ccccc1. The van der Waals surface area contributed by atoms with Crippen molar-refractivity contribution in [3.8, 4) is 5.75 Å². The average Bonchev–Trinajstić information content (AvgIpc) is 2.45. The van der Waals surface area contributed by atoms with E-state index >= 15 is 0 Å². The van der Waals surface area contributed by atoms with Crippen molar-refractivity contribution < 1.29 is 4.74 Å². The van der Waals surface area contributed by atoms with Crippen molar-refractivity contribution in [1.82, 2.24) is 0 Å². The number of ether oxygens (including phenoxy) is 1. The summed E-state index contributed by atoms with van der Waals surface area (Å²) in [6.45, 7) is 2.61. The molecular weight excluding hydrogens is 270 g/mol. The first kappa shape index (κ1) is 14.9. The molecule has 0 saturated heterocycles. The molecule has 0 radical (unpaired) electrons. The van der Waals surface area contributed by atoms with Gasteiger partial charge in [0.15, 0.2) is 0 Å². The number of aryl methyl sites for hydroxylation is 1. The van der Waals surface area contributed by atoms with E-state index in [0.29, 0.717) is 11.6 Å². The third-order valence-electron chi connectivity index (χ3n) is 3.17. The Labute approximate surface area is 125 Å². The van der Waals surface area contributed by atoms with Crippen LogP contribution in [0, 0.1) is 0 Å². The molecule has 106 valence electrons. The molecule has 0 heterocycles. The number of halogens is 1. The van der Waals surface area contributed by atoms with Gasteiger partial charge in [0.2, 0.25) is 0 Å². The second-order valence-electron chi connectivity index (χ2n) is 4.91. The first-order valence-corrected chi connectivity index (χ1v) is 7.26. The van der Waals surface area contributed by atoms with Crippen molar-refractivity contribution in [3.63, 3.8) is 0 Å². The van der Waals surface area contributed by atoms with Gasteiger partial charge in [-0.3, -0.25) is 0 Å². The first-order chi connectivity index (χ1) is 9.66. The van der Waals surface area contributed by atoms with E-state index in [1.807, 2.05) is 31.2 Å². The van der Waals surface area contributed by atoms with Crippen molar-refractivity contribution >= 4 is 11.6 Å². The van der Waals surface area contributed by atoms with Gasteiger partial charge in [0.1, 0.15) is 5.75 Å². The minimum Gasteiger partial charge on any atom is -0.493 e. The van der Waals surface area contributed by atoms with Gasteiger partial charge in [-0.2, -0.15) is 0 Å². The Morgan fingerprint density at radius 1 is 1.15 bits per heavy atom. The van der Waals surface area contributed by atoms with Crippen LogP contribution in [0.1, 0.15) is 30.5 Å². The van der Waals surface area contributed by atoms with Crippen LogP contribution in [0.3, 0.4) is 0 Å². The maximum absolute atomic E-state index is 5.99. The molecule has 20 heavy (non-hydrogen) atoms. The van der Waals surface area contributed by atoms with Crippen LogP contribution in [0.15, 0.2) is 48.5 Å². The van der Waals surface area contributed by atoms with E-state index in [-0.39, 0.29) is 6.04 Å². The molecule has 0 aliphatic heterocycles. The Bertz CT molecular complexity index is 540. The van der Waals surface area contributed by atoms with Gasteiger partial charge in [-0.25, -0.2) is 0 Å². The second-order valence-corrected chi connectivity index (χ2v) is 5.34. The van der Waals surface area contributed by atoms with E-state index in [1.165, 1.54) is 5.56 Å². The highest BCUT2D eigenvalue weighted by Crippen LogP contribution is 2.27. The van der Waals surface area contributed by atoms with Crippen molar-refractivity contribution in [3.05, 3.63) is 64.7 Å². The molecule has 0 aliphatic carbocycles. The van der Waals surface area contributed by atoms with Crippen LogP contribution in [-0.4, -0.2) is 6.61 Å². The lowest BCUT2D eigenvalue weighted by atomic mass is 10.1. The summed E-state index contributed by atoms with van der Waals surface area (Å²) in [5, 5.41) is 0.689. The van der Waals surface area contributed by atoms with Gasteiger partial charge in [0.25, 0.3) is 0 Å². The zero-order valence-corrected chi connectivity index (χ0v) is 12.4. The minimum absolute atomic E-state index is 0.0853. The van der Waals surface area contributed by atoms with E-state index in [0.717, 1.165) is 24.2 Å². The zero-order valence-electron chi connectivity index (χ0n) is 11.7. The van der Waals surface area contributed by atoms with E-state index in [1.54, 1.807) is 0 Å². The summed E-state index contributed by atoms with van der Waals surface area (Å²) >= 11 is 5.99. The summed E-state index contributed by atoms with van der Waals surface area (Å²) in [5.74, 6) is 0.831. The fraction of sp³-hybridized carbons (Fsp3) is 0.294. The highest BCUT2D eigenvalue weighted by molar-refractivity contribution is 6.30. The summed E-state index contributed by atoms with van der Waals surface area (Å²) in [6.07, 6.45) is 1.99. The van der Waals surface area contributed by atoms with Gasteiger partial charge in [-0.05, 0) is 43.5 Å². The van der Waals surface area contributed by atoms with Crippen molar-refractivity contribution in [2.24, 2.45) is 5.73 Å². The predicted octanol–water partition coefficient (Wildman–Crippen LogP) is 4.37. The monoisotopic (exact) mass is 289 g/mol. The molecule has 0 amide bonds. The van der Waals surface area contributed by atoms with E-state index < -0.39 is 0 Å². The number of benzene rings is 2. The molecule has 0 bridgehead atoms. The molecule has 1 atom stereocenters. The van der Waals surface area contributed by atoms with Gasteiger partial charge in [0.05, 0.1) is 6.61 Å². The molecule has 0 fully saturated rings. The molecule has 0 spiro atoms. The molecular formula is C17H20ClNO. The summed E-state index contributed by atoms with van der Waals surface area (Å²) < 4.78 is 5.84. The van der Waals surface area contributed by atoms with E-state index in [9.17, 15) is 0 Å². The smallest absolute Gasteiger partial charge is 0.124 e. The Morgan fingerprint density at radius 2 is 1.90 bits per heavy atom. The van der Waals surface area contributed by atoms with Crippen LogP contribution in [0.5, 0.6) is 5.75 Å². The molecule has 0 aromatic heterocycles. The largest absolute Gasteiger partial charge is 0.493 e. The van der Waals surface area contributed by atoms with Gasteiger partial charge in [-0.1, -0.05) is 41.9 Å². The Morgan fingerprint density at radius 3 is 2.60 bits per heavy atom. The molecule has 0 aliphatic rings. The predicted molar refractivity (Wildman–Crippen MR) is 84.3 cm³/mol. The van der Waals surface area contributed by atoms with Crippen molar-refractivity contribution in [2.45, 2.75) is 25.8 Å². The standard InChI is InChI=1S/C17H20ClNO/c1-13(19)16-12-15(18)9-10-17(16)20-11-5-8-14-6-3-2-4-7-14/h2-4,6-7,9-10,12-13H,5,8,11,19H2,1H3/t13-/m0/s1. The van der Waals surface area contributed by atoms with Crippen LogP contribution < -0.4 is 10.5 Å². The first-order valence-electron chi connectivity index (χ1n) is 6.88. The normalized spacial score (nSPS) is 12.2. The minimum atomic E-state index is -0.0853. The van der Waals surface area contributed by atoms with Gasteiger partial charge >= 0.3 is 0 Å². The molecule has 2 aromatic carbocycles. The van der Waals surface area contributed by atoms with Gasteiger partial charge < -0.3 is 10.5 Å². The van der Waals surface area contributed by atoms with Crippen molar-refractivity contribution in [1.29, 1.82) is 0 Å². The van der Waals surface area contributed by atoms with Crippen LogP contribution in [-0.2, 0) is 6.42 Å². The van der Waals surface area contributed by atoms with Gasteiger partial charge in [0, 0.05) is 16.6 Å². The molecule has 3 heteroatoms. The zero-order chi connectivity index (χ0) is 14.4. The number of hydrogen-bond donors (Lipinski definition) is 1. The molecule has 0 unspecified atom stereocenters. The van der Waals surface area contributed by atoms with E-state index in [2.05, 4.69) is 24.3 Å². The topological polar surface area (TPSA) is 35.2 Å². The Kier molecular flexibility index (Phi) is 5.45. The molecule has 2 nitrogen and oxygen atoms in total. The number of nitrogens with two attached hydrogens (primary N) is 1. The van der Waals surface area contributed by atoms with Crippen LogP contribution in [0.25, 0.3) is 0 Å². The quantitative estimate of drug-likeness (QED) is 0.801. The molecule has 0 saturated carbocycles. The third-order valence-corrected chi connectivity index (χ3v) is 3.41. The summed E-state index contributed by atoms with van der Waals surface area (Å²) in [4.78, 5) is 0. The molecule has 2 N–H and O–H groups in total. The average molecular weight is 290 g/mol. The Balaban J connectivity index is 1.88. The van der Waals surface area contributed by atoms with Crippen molar-refractivity contribution in [2.75, 3.05) is 6.61 Å². The lowest BCUT2D eigenvalue weighted by Crippen LogP contribution is -2.09. The number of rotatable bonds is 6. The molecule has 2 rings (SSSR count). The second kappa shape index (κ2) is 7.32. The van der Waals surface area contributed by atoms with Crippen LogP contribution in [0.4, 0.5) is 0 Å². The highest BCUT2D eigenvalue weighted by Gasteiger charge is 2.08. The summed E-state index contributed by atoms with van der Waals surface area (Å²) in [7, 11) is 0. The molecule has 2 aromatic rings. The van der Waals surface area contributed by atoms with Crippen LogP contribution >= 0.6 is 11.6 Å². The maximum atomic E-state index is 5.99. The fourth-order valence-electron chi connectivity index (χ4n) is 2.11. The highest BCUT2D eigenvalue weighted by atomic mass is 35.5. The Hall–Kier alpha value is -1.51. The third kappa shape index (κ3) is 4.26.